The lowest BCUT2D eigenvalue weighted by atomic mass is 10.8. The number of aliphatic hydroxyl groups is 3. The van der Waals surface area contributed by atoms with E-state index in [2.05, 4.69) is 0 Å². The predicted octanol–water partition coefficient (Wildman–Crippen LogP) is 2.56. The Morgan fingerprint density at radius 1 is 0.620 bits per heavy atom. The lowest BCUT2D eigenvalue weighted by molar-refractivity contribution is -0.177. The van der Waals surface area contributed by atoms with Gasteiger partial charge in [0, 0.05) is 12.5 Å². The first kappa shape index (κ1) is 46.7. The highest BCUT2D eigenvalue weighted by Crippen LogP contribution is 2.29. The van der Waals surface area contributed by atoms with Crippen LogP contribution in [0.25, 0.3) is 0 Å². The highest BCUT2D eigenvalue weighted by molar-refractivity contribution is 5.83. The molecule has 0 aromatic carbocycles. The third-order valence-corrected chi connectivity index (χ3v) is 8.61. The van der Waals surface area contributed by atoms with Crippen molar-refractivity contribution in [3.63, 3.8) is 0 Å². The molecule has 0 aliphatic rings. The van der Waals surface area contributed by atoms with Gasteiger partial charge in [-0.25, -0.2) is 0 Å². The second-order valence-corrected chi connectivity index (χ2v) is 13.6. The van der Waals surface area contributed by atoms with E-state index in [1.54, 1.807) is 20.8 Å². The molecule has 10 atom stereocenters. The summed E-state index contributed by atoms with van der Waals surface area (Å²) < 4.78 is 11.4. The van der Waals surface area contributed by atoms with E-state index in [1.807, 2.05) is 6.92 Å². The van der Waals surface area contributed by atoms with Gasteiger partial charge in [0.1, 0.15) is 12.2 Å². The quantitative estimate of drug-likeness (QED) is 0.0309. The highest BCUT2D eigenvalue weighted by atomic mass is 16.8. The second kappa shape index (κ2) is 24.7. The van der Waals surface area contributed by atoms with Crippen molar-refractivity contribution in [3.8, 4) is 0 Å². The second-order valence-electron chi connectivity index (χ2n) is 13.6. The van der Waals surface area contributed by atoms with Crippen molar-refractivity contribution in [2.45, 2.75) is 154 Å². The van der Waals surface area contributed by atoms with Crippen molar-refractivity contribution in [2.75, 3.05) is 0 Å². The summed E-state index contributed by atoms with van der Waals surface area (Å²) >= 11 is 0. The molecule has 0 spiro atoms. The molecule has 0 amide bonds. The Morgan fingerprint density at radius 3 is 1.50 bits per heavy atom. The average molecular weight is 756 g/mol. The fourth-order valence-corrected chi connectivity index (χ4v) is 5.68. The molecule has 0 saturated carbocycles. The smallest absolute Gasteiger partial charge is 0.307 e. The Bertz CT molecular complexity index is 1070. The number of unbranched alkanes of at least 4 members (excludes halogenated alkanes) is 2. The number of esters is 2. The first-order chi connectivity index (χ1) is 23.3. The number of ether oxygens (including phenoxy) is 2. The maximum absolute atomic E-state index is 13.0. The molecule has 0 aliphatic carbocycles. The summed E-state index contributed by atoms with van der Waals surface area (Å²) in [7, 11) is 0. The van der Waals surface area contributed by atoms with Crippen molar-refractivity contribution in [1.82, 2.24) is 0 Å². The minimum atomic E-state index is -1.59. The van der Waals surface area contributed by atoms with Crippen molar-refractivity contribution >= 4 is 35.8 Å². The lowest BCUT2D eigenvalue weighted by Gasteiger charge is -2.33. The van der Waals surface area contributed by atoms with E-state index < -0.39 is 116 Å². The number of hydrogen-bond donors (Lipinski definition) is 8. The molecule has 0 aliphatic heterocycles. The molecule has 0 saturated heterocycles. The van der Waals surface area contributed by atoms with Crippen molar-refractivity contribution in [1.29, 1.82) is 0 Å². The number of nitrogens with two attached hydrogens (primary N) is 1. The monoisotopic (exact) mass is 756 g/mol. The maximum Gasteiger partial charge on any atom is 0.307 e. The SMILES string of the molecule is [13CH3][13CH2][13CH2][13CH2][13C@@H]([13CH3])[13C@@H](O[13C](=O)[13CH2][13C@@H]([13CH2][13C](=O)O)[13C](=O)O)[13C@H]([13CH2][13C@@H]([13CH3])[13CH2][13C@H](O)[13CH2][13CH2][13CH2][13CH2][13C@@H](O)[13CH2][13C@H](O)[13C@H]([13CH3])N)O[13C](=O)[13CH2][13C@@H]([13CH2][13C](=O)O)[13C](=O)O. The van der Waals surface area contributed by atoms with Crippen molar-refractivity contribution in [2.24, 2.45) is 29.4 Å². The molecular formula is C34H59NO15. The van der Waals surface area contributed by atoms with Gasteiger partial charge in [-0.3, -0.25) is 28.8 Å². The fraction of sp³-hybridized carbons (Fsp3) is 0.824. The number of rotatable bonds is 29. The van der Waals surface area contributed by atoms with Crippen molar-refractivity contribution in [3.05, 3.63) is 0 Å². The average Bonchev–Trinajstić information content (AvgIpc) is 2.99. The largest absolute Gasteiger partial charge is 0.481 e. The molecule has 0 aromatic heterocycles. The van der Waals surface area contributed by atoms with E-state index in [4.69, 9.17) is 25.4 Å². The minimum absolute atomic E-state index is 0.0270. The Hall–Kier alpha value is -3.34. The number of carbonyl (C=O) groups excluding carboxylic acids is 2. The molecule has 16 nitrogen and oxygen atoms in total. The Morgan fingerprint density at radius 2 is 1.08 bits per heavy atom. The van der Waals surface area contributed by atoms with E-state index >= 15 is 0 Å². The Labute approximate surface area is 293 Å². The summed E-state index contributed by atoms with van der Waals surface area (Å²) in [5.74, 6) is -12.0. The molecule has 50 heavy (non-hydrogen) atoms. The van der Waals surface area contributed by atoms with Gasteiger partial charge in [-0.05, 0) is 50.9 Å². The standard InChI is InChI=1S/C34H59NO15/c1-5-6-9-20(3)32(50-31(44)17-23(34(47)48)15-29(41)42)27(49-30(43)16-22(33(45)46)14-28(39)40)13-19(2)12-24(36)10-7-8-11-25(37)18-26(38)21(4)35/h19-27,32,36-38H,5-18,35H2,1-4H3,(H,39,40)(H,41,42)(H,45,46)(H,47,48)/t19-,20+,21-,22+,23+,24+,25+,26-,27-,32+/m0/s1/i1+1,2+1,3+1,4+1,5+1,6+1,7+1,8+1,9+1,10+1,11+1,12+1,13+1,14+1,15+1,16+1,17+1,18+1,19+1,20+1,21+1,22+1,23+1,24+1,25+1,26+1,27+1,28+1,29+1,30+1,31+1,32+1,33+1,34+1. The van der Waals surface area contributed by atoms with Crippen LogP contribution in [0.1, 0.15) is 118 Å². The van der Waals surface area contributed by atoms with Crippen LogP contribution >= 0.6 is 0 Å². The van der Waals surface area contributed by atoms with Crippen molar-refractivity contribution < 1.29 is 74.0 Å². The van der Waals surface area contributed by atoms with Crippen LogP contribution in [0.3, 0.4) is 0 Å². The zero-order chi connectivity index (χ0) is 38.6. The van der Waals surface area contributed by atoms with Crippen LogP contribution in [0, 0.1) is 23.7 Å². The third-order valence-electron chi connectivity index (χ3n) is 8.61. The van der Waals surface area contributed by atoms with Gasteiger partial charge in [-0.1, -0.05) is 46.5 Å². The molecule has 9 N–H and O–H groups in total. The van der Waals surface area contributed by atoms with Gasteiger partial charge in [0.2, 0.25) is 0 Å². The number of aliphatic carboxylic acids is 4. The summed E-state index contributed by atoms with van der Waals surface area (Å²) in [5, 5.41) is 67.8. The molecular weight excluding hydrogens is 696 g/mol. The molecule has 0 rings (SSSR count). The van der Waals surface area contributed by atoms with Gasteiger partial charge in [-0.2, -0.15) is 0 Å². The van der Waals surface area contributed by atoms with Gasteiger partial charge in [-0.15, -0.1) is 0 Å². The van der Waals surface area contributed by atoms with Gasteiger partial charge < -0.3 is 51.0 Å². The number of carboxylic acid groups (broad SMARTS) is 4. The third kappa shape index (κ3) is 21.0. The lowest BCUT2D eigenvalue weighted by Crippen LogP contribution is -2.42. The van der Waals surface area contributed by atoms with Crippen LogP contribution in [-0.4, -0.2) is 108 Å². The molecule has 290 valence electrons. The van der Waals surface area contributed by atoms with Gasteiger partial charge in [0.05, 0.1) is 55.8 Å². The first-order valence-electron chi connectivity index (χ1n) is 17.3. The first-order valence-corrected chi connectivity index (χ1v) is 17.3. The van der Waals surface area contributed by atoms with Crippen LogP contribution < -0.4 is 5.73 Å². The Kier molecular flexibility index (Phi) is 23.1. The molecule has 0 radical (unpaired) electrons. The summed E-state index contributed by atoms with van der Waals surface area (Å²) in [6.45, 7) is 7.06. The van der Waals surface area contributed by atoms with Gasteiger partial charge >= 0.3 is 35.8 Å². The number of hydrogen-bond acceptors (Lipinski definition) is 12. The molecule has 16 heteroatoms. The topological polar surface area (TPSA) is 289 Å². The van der Waals surface area contributed by atoms with E-state index in [1.165, 1.54) is 0 Å². The minimum Gasteiger partial charge on any atom is -0.481 e. The summed E-state index contributed by atoms with van der Waals surface area (Å²) in [6.07, 6.45) is -3.74. The number of carboxylic acids is 4. The van der Waals surface area contributed by atoms with E-state index in [9.17, 15) is 54.3 Å². The maximum atomic E-state index is 13.0. The summed E-state index contributed by atoms with van der Waals surface area (Å²) in [4.78, 5) is 71.6. The summed E-state index contributed by atoms with van der Waals surface area (Å²) in [5.41, 5.74) is 5.63. The number of carbonyl (C=O) groups is 6. The zero-order valence-electron chi connectivity index (χ0n) is 29.6. The predicted molar refractivity (Wildman–Crippen MR) is 178 cm³/mol. The van der Waals surface area contributed by atoms with E-state index in [-0.39, 0.29) is 25.2 Å². The van der Waals surface area contributed by atoms with Gasteiger partial charge in [0.15, 0.2) is 0 Å². The Balaban J connectivity index is 5.98. The summed E-state index contributed by atoms with van der Waals surface area (Å²) in [6, 6.07) is -0.476. The van der Waals surface area contributed by atoms with Crippen LogP contribution in [0.2, 0.25) is 0 Å². The van der Waals surface area contributed by atoms with Crippen LogP contribution in [0.4, 0.5) is 0 Å². The molecule has 0 fully saturated rings. The van der Waals surface area contributed by atoms with E-state index in [0.29, 0.717) is 38.5 Å². The van der Waals surface area contributed by atoms with E-state index in [0.717, 1.165) is 6.42 Å². The highest BCUT2D eigenvalue weighted by Gasteiger charge is 2.37. The molecule has 0 heterocycles. The van der Waals surface area contributed by atoms with Crippen LogP contribution in [0.5, 0.6) is 0 Å². The number of aliphatic hydroxyl groups excluding tert-OH is 3. The zero-order valence-corrected chi connectivity index (χ0v) is 29.6. The van der Waals surface area contributed by atoms with Crippen LogP contribution in [-0.2, 0) is 38.2 Å². The molecule has 0 aromatic rings. The fourth-order valence-electron chi connectivity index (χ4n) is 5.68. The molecule has 0 unspecified atom stereocenters. The normalized spacial score (nSPS) is 17.5. The van der Waals surface area contributed by atoms with Gasteiger partial charge in [0.25, 0.3) is 0 Å². The van der Waals surface area contributed by atoms with Crippen LogP contribution in [0.15, 0.2) is 0 Å². The molecule has 0 bridgehead atoms.